The van der Waals surface area contributed by atoms with E-state index < -0.39 is 34.9 Å². The van der Waals surface area contributed by atoms with E-state index in [1.807, 2.05) is 26.0 Å². The molecule has 2 aliphatic carbocycles. The van der Waals surface area contributed by atoms with Crippen molar-refractivity contribution in [3.05, 3.63) is 106 Å². The minimum absolute atomic E-state index is 0.147. The molecule has 2 fully saturated rings. The number of nitrogens with one attached hydrogen (secondary N) is 2. The normalized spacial score (nSPS) is 21.8. The number of aromatic nitrogens is 6. The third-order valence-electron chi connectivity index (χ3n) is 10.5. The molecule has 20 heteroatoms. The first-order chi connectivity index (χ1) is 29.2. The molecule has 4 heterocycles. The van der Waals surface area contributed by atoms with Crippen molar-refractivity contribution in [2.24, 2.45) is 0 Å². The van der Waals surface area contributed by atoms with Crippen molar-refractivity contribution < 1.29 is 46.8 Å². The molecule has 8 rings (SSSR count). The highest BCUT2D eigenvalue weighted by Crippen LogP contribution is 2.43. The number of nitrogens with zero attached hydrogens (tertiary/aromatic N) is 6. The lowest BCUT2D eigenvalue weighted by atomic mass is 9.84. The molecular formula is C42H42F6N8O4S2. The number of halogens is 6. The largest absolute Gasteiger partial charge is 0.433 e. The van der Waals surface area contributed by atoms with Gasteiger partial charge in [-0.1, -0.05) is 12.1 Å². The van der Waals surface area contributed by atoms with E-state index in [9.17, 15) is 46.8 Å². The molecule has 62 heavy (non-hydrogen) atoms. The van der Waals surface area contributed by atoms with Gasteiger partial charge in [0.2, 0.25) is 11.9 Å². The molecule has 2 aromatic carbocycles. The first-order valence-corrected chi connectivity index (χ1v) is 21.2. The summed E-state index contributed by atoms with van der Waals surface area (Å²) in [5.74, 6) is -0.294. The van der Waals surface area contributed by atoms with E-state index in [0.717, 1.165) is 56.5 Å². The lowest BCUT2D eigenvalue weighted by Crippen LogP contribution is -2.33. The van der Waals surface area contributed by atoms with E-state index in [1.165, 1.54) is 22.7 Å². The summed E-state index contributed by atoms with van der Waals surface area (Å²) in [5.41, 5.74) is 0.384. The van der Waals surface area contributed by atoms with Crippen molar-refractivity contribution in [1.29, 1.82) is 0 Å². The molecule has 4 aromatic heterocycles. The number of thiazole rings is 2. The maximum absolute atomic E-state index is 12.9. The number of aliphatic hydroxyl groups excluding tert-OH is 2. The van der Waals surface area contributed by atoms with Crippen molar-refractivity contribution in [3.8, 4) is 20.9 Å². The molecule has 0 amide bonds. The highest BCUT2D eigenvalue weighted by Gasteiger charge is 2.38. The molecular weight excluding hydrogens is 859 g/mol. The van der Waals surface area contributed by atoms with Crippen LogP contribution in [0.2, 0.25) is 0 Å². The van der Waals surface area contributed by atoms with Crippen LogP contribution >= 0.6 is 22.7 Å². The fraction of sp³-hybridized carbons (Fsp3) is 0.381. The van der Waals surface area contributed by atoms with Crippen molar-refractivity contribution >= 4 is 45.9 Å². The summed E-state index contributed by atoms with van der Waals surface area (Å²) in [6.45, 7) is 3.75. The van der Waals surface area contributed by atoms with Crippen LogP contribution in [0.25, 0.3) is 20.9 Å². The molecule has 0 aliphatic heterocycles. The summed E-state index contributed by atoms with van der Waals surface area (Å²) in [7, 11) is 0. The van der Waals surface area contributed by atoms with E-state index in [0.29, 0.717) is 72.8 Å². The Labute approximate surface area is 359 Å². The molecule has 12 nitrogen and oxygen atoms in total. The summed E-state index contributed by atoms with van der Waals surface area (Å²) in [6.07, 6.45) is -0.456. The van der Waals surface area contributed by atoms with Gasteiger partial charge in [0.25, 0.3) is 0 Å². The molecule has 2 saturated carbocycles. The van der Waals surface area contributed by atoms with Gasteiger partial charge in [0.1, 0.15) is 32.6 Å². The number of hydrogen-bond donors (Lipinski definition) is 6. The van der Waals surface area contributed by atoms with Crippen molar-refractivity contribution in [2.75, 3.05) is 10.6 Å². The van der Waals surface area contributed by atoms with Crippen LogP contribution in [0.15, 0.2) is 73.3 Å². The predicted molar refractivity (Wildman–Crippen MR) is 222 cm³/mol. The highest BCUT2D eigenvalue weighted by molar-refractivity contribution is 7.15. The standard InChI is InChI=1S/2C21H21F3N4O2S/c2*1-12-8-13(16-11-26-18(31-16)20(30)5-2-15(29)3-6-20)10-14(9-12)27-19-25-7-4-17(28-19)21(22,23)24/h2*4,7-11,15,29-30H,2-3,5-6H2,1H3,(H,25,27,28). The van der Waals surface area contributed by atoms with Crippen LogP contribution in [0.1, 0.15) is 83.9 Å². The van der Waals surface area contributed by atoms with Crippen LogP contribution < -0.4 is 10.6 Å². The van der Waals surface area contributed by atoms with Crippen LogP contribution in [-0.2, 0) is 23.6 Å². The van der Waals surface area contributed by atoms with Gasteiger partial charge in [0.15, 0.2) is 0 Å². The SMILES string of the molecule is Cc1cc(Nc2nccc(C(F)(F)F)n2)cc(-c2cnc(C3(O)CCC(O)CC3)s2)c1.Cc1cc(Nc2nccc(C(F)(F)F)n2)cc(-c2cnc(C3(O)CCC(O)CC3)s2)c1. The third-order valence-corrected chi connectivity index (χ3v) is 13.0. The minimum Gasteiger partial charge on any atom is -0.393 e. The second-order valence-corrected chi connectivity index (χ2v) is 17.6. The fourth-order valence-corrected chi connectivity index (χ4v) is 9.34. The number of hydrogen-bond acceptors (Lipinski definition) is 14. The number of alkyl halides is 6. The lowest BCUT2D eigenvalue weighted by molar-refractivity contribution is -0.141. The third kappa shape index (κ3) is 10.9. The fourth-order valence-electron chi connectivity index (χ4n) is 7.24. The number of rotatable bonds is 8. The average molecular weight is 901 g/mol. The zero-order chi connectivity index (χ0) is 44.5. The van der Waals surface area contributed by atoms with Crippen molar-refractivity contribution in [2.45, 2.75) is 101 Å². The molecule has 2 aliphatic rings. The summed E-state index contributed by atoms with van der Waals surface area (Å²) < 4.78 is 77.4. The van der Waals surface area contributed by atoms with Crippen molar-refractivity contribution in [3.63, 3.8) is 0 Å². The number of anilines is 4. The topological polar surface area (TPSA) is 182 Å². The lowest BCUT2D eigenvalue weighted by Gasteiger charge is -2.32. The van der Waals surface area contributed by atoms with Crippen molar-refractivity contribution in [1.82, 2.24) is 29.9 Å². The van der Waals surface area contributed by atoms with E-state index >= 15 is 0 Å². The molecule has 6 N–H and O–H groups in total. The first kappa shape index (κ1) is 44.9. The molecule has 328 valence electrons. The Morgan fingerprint density at radius 3 is 1.31 bits per heavy atom. The molecule has 0 spiro atoms. The van der Waals surface area contributed by atoms with Gasteiger partial charge in [-0.05, 0) is 124 Å². The van der Waals surface area contributed by atoms with Gasteiger partial charge in [0.05, 0.1) is 22.0 Å². The maximum atomic E-state index is 12.9. The molecule has 0 radical (unpaired) electrons. The Hall–Kier alpha value is -5.12. The Bertz CT molecular complexity index is 2330. The van der Waals surface area contributed by atoms with Crippen LogP contribution in [0.5, 0.6) is 0 Å². The smallest absolute Gasteiger partial charge is 0.393 e. The van der Waals surface area contributed by atoms with Gasteiger partial charge < -0.3 is 31.1 Å². The van der Waals surface area contributed by atoms with Crippen LogP contribution in [0.3, 0.4) is 0 Å². The number of aryl methyl sites for hydroxylation is 2. The summed E-state index contributed by atoms with van der Waals surface area (Å²) in [5, 5.41) is 48.2. The zero-order valence-corrected chi connectivity index (χ0v) is 34.9. The highest BCUT2D eigenvalue weighted by atomic mass is 32.1. The Morgan fingerprint density at radius 2 is 0.952 bits per heavy atom. The second kappa shape index (κ2) is 17.9. The monoisotopic (exact) mass is 900 g/mol. The quantitative estimate of drug-likeness (QED) is 0.0798. The van der Waals surface area contributed by atoms with E-state index in [2.05, 4.69) is 40.5 Å². The van der Waals surface area contributed by atoms with Gasteiger partial charge in [0, 0.05) is 36.2 Å². The van der Waals surface area contributed by atoms with Crippen LogP contribution in [0.4, 0.5) is 49.6 Å². The van der Waals surface area contributed by atoms with Gasteiger partial charge in [-0.2, -0.15) is 26.3 Å². The minimum atomic E-state index is -4.55. The van der Waals surface area contributed by atoms with Gasteiger partial charge in [-0.25, -0.2) is 29.9 Å². The Morgan fingerprint density at radius 1 is 0.581 bits per heavy atom. The maximum Gasteiger partial charge on any atom is 0.433 e. The first-order valence-electron chi connectivity index (χ1n) is 19.6. The molecule has 6 aromatic rings. The van der Waals surface area contributed by atoms with E-state index in [1.54, 1.807) is 36.7 Å². The molecule has 0 saturated heterocycles. The Balaban J connectivity index is 0.000000186. The van der Waals surface area contributed by atoms with E-state index in [-0.39, 0.29) is 24.1 Å². The Kier molecular flexibility index (Phi) is 13.0. The second-order valence-electron chi connectivity index (χ2n) is 15.5. The average Bonchev–Trinajstić information content (AvgIpc) is 3.93. The van der Waals surface area contributed by atoms with Crippen LogP contribution in [0, 0.1) is 13.8 Å². The molecule has 0 atom stereocenters. The molecule has 0 bridgehead atoms. The van der Waals surface area contributed by atoms with Gasteiger partial charge >= 0.3 is 12.4 Å². The summed E-state index contributed by atoms with van der Waals surface area (Å²) in [6, 6.07) is 12.6. The van der Waals surface area contributed by atoms with Gasteiger partial charge in [-0.3, -0.25) is 0 Å². The number of aliphatic hydroxyl groups is 4. The summed E-state index contributed by atoms with van der Waals surface area (Å²) >= 11 is 2.74. The molecule has 0 unspecified atom stereocenters. The predicted octanol–water partition coefficient (Wildman–Crippen LogP) is 9.59. The summed E-state index contributed by atoms with van der Waals surface area (Å²) in [4.78, 5) is 25.3. The van der Waals surface area contributed by atoms with Gasteiger partial charge in [-0.15, -0.1) is 22.7 Å². The zero-order valence-electron chi connectivity index (χ0n) is 33.3. The van der Waals surface area contributed by atoms with E-state index in [4.69, 9.17) is 0 Å². The number of benzene rings is 2. The van der Waals surface area contributed by atoms with Crippen LogP contribution in [-0.4, -0.2) is 62.5 Å².